The summed E-state index contributed by atoms with van der Waals surface area (Å²) >= 11 is 1.46. The molecule has 0 atom stereocenters. The normalized spacial score (nSPS) is 15.6. The van der Waals surface area contributed by atoms with E-state index in [0.717, 1.165) is 35.9 Å². The Morgan fingerprint density at radius 2 is 1.93 bits per heavy atom. The highest BCUT2D eigenvalue weighted by molar-refractivity contribution is 7.89. The molecule has 4 rings (SSSR count). The standard InChI is InChI=1S/C20H22N4O4S2/c25-18(13-28-19-17-8-11-29-20(17)22-14-21-19)23-15-6-5-7-16(12-15)30(26,27)24-9-3-1-2-4-10-24/h5-8,11-12,14H,1-4,9-10,13H2,(H,23,25). The number of carbonyl (C=O) groups excluding carboxylic acids is 1. The van der Waals surface area contributed by atoms with E-state index in [1.807, 2.05) is 11.4 Å². The van der Waals surface area contributed by atoms with Crippen LogP contribution in [0.4, 0.5) is 5.69 Å². The van der Waals surface area contributed by atoms with Gasteiger partial charge in [-0.05, 0) is 42.5 Å². The van der Waals surface area contributed by atoms with Crippen LogP contribution in [0.25, 0.3) is 10.2 Å². The van der Waals surface area contributed by atoms with Crippen LogP contribution in [-0.2, 0) is 14.8 Å². The van der Waals surface area contributed by atoms with Gasteiger partial charge in [-0.3, -0.25) is 4.79 Å². The van der Waals surface area contributed by atoms with Crippen molar-refractivity contribution in [2.75, 3.05) is 25.0 Å². The number of hydrogen-bond acceptors (Lipinski definition) is 7. The minimum Gasteiger partial charge on any atom is -0.467 e. The number of hydrogen-bond donors (Lipinski definition) is 1. The van der Waals surface area contributed by atoms with Gasteiger partial charge in [0.1, 0.15) is 11.2 Å². The molecule has 0 unspecified atom stereocenters. The third-order valence-electron chi connectivity index (χ3n) is 4.89. The number of aromatic nitrogens is 2. The highest BCUT2D eigenvalue weighted by Gasteiger charge is 2.25. The van der Waals surface area contributed by atoms with Gasteiger partial charge in [-0.25, -0.2) is 18.4 Å². The molecule has 0 radical (unpaired) electrons. The van der Waals surface area contributed by atoms with Crippen molar-refractivity contribution in [3.8, 4) is 5.88 Å². The predicted molar refractivity (Wildman–Crippen MR) is 115 cm³/mol. The molecule has 1 aromatic carbocycles. The fourth-order valence-corrected chi connectivity index (χ4v) is 5.67. The van der Waals surface area contributed by atoms with Gasteiger partial charge in [-0.2, -0.15) is 4.31 Å². The van der Waals surface area contributed by atoms with Crippen LogP contribution < -0.4 is 10.1 Å². The predicted octanol–water partition coefficient (Wildman–Crippen LogP) is 3.27. The summed E-state index contributed by atoms with van der Waals surface area (Å²) in [6.45, 7) is 0.816. The lowest BCUT2D eigenvalue weighted by atomic mass is 10.2. The molecule has 1 N–H and O–H groups in total. The third-order valence-corrected chi connectivity index (χ3v) is 7.60. The van der Waals surface area contributed by atoms with Crippen LogP contribution >= 0.6 is 11.3 Å². The lowest BCUT2D eigenvalue weighted by Gasteiger charge is -2.20. The van der Waals surface area contributed by atoms with E-state index in [0.29, 0.717) is 24.7 Å². The fraction of sp³-hybridized carbons (Fsp3) is 0.350. The Morgan fingerprint density at radius 3 is 2.73 bits per heavy atom. The molecule has 0 bridgehead atoms. The number of ether oxygens (including phenoxy) is 1. The summed E-state index contributed by atoms with van der Waals surface area (Å²) in [6.07, 6.45) is 5.22. The Kier molecular flexibility index (Phi) is 6.26. The number of fused-ring (bicyclic) bond motifs is 1. The summed E-state index contributed by atoms with van der Waals surface area (Å²) in [5.41, 5.74) is 0.405. The van der Waals surface area contributed by atoms with Crippen LogP contribution in [0, 0.1) is 0 Å². The van der Waals surface area contributed by atoms with E-state index >= 15 is 0 Å². The van der Waals surface area contributed by atoms with Gasteiger partial charge >= 0.3 is 0 Å². The van der Waals surface area contributed by atoms with Crippen molar-refractivity contribution in [3.05, 3.63) is 42.0 Å². The van der Waals surface area contributed by atoms with Gasteiger partial charge in [-0.1, -0.05) is 18.9 Å². The first-order valence-corrected chi connectivity index (χ1v) is 12.1. The highest BCUT2D eigenvalue weighted by atomic mass is 32.2. The average molecular weight is 447 g/mol. The first-order valence-electron chi connectivity index (χ1n) is 9.75. The highest BCUT2D eigenvalue weighted by Crippen LogP contribution is 2.26. The van der Waals surface area contributed by atoms with E-state index < -0.39 is 15.9 Å². The maximum atomic E-state index is 13.0. The van der Waals surface area contributed by atoms with E-state index in [1.165, 1.54) is 28.0 Å². The van der Waals surface area contributed by atoms with Crippen LogP contribution in [0.5, 0.6) is 5.88 Å². The van der Waals surface area contributed by atoms with Gasteiger partial charge < -0.3 is 10.1 Å². The number of thiophene rings is 1. The van der Waals surface area contributed by atoms with Crippen LogP contribution in [0.2, 0.25) is 0 Å². The van der Waals surface area contributed by atoms with E-state index in [-0.39, 0.29) is 11.5 Å². The minimum atomic E-state index is -3.58. The fourth-order valence-electron chi connectivity index (χ4n) is 3.38. The van der Waals surface area contributed by atoms with Gasteiger partial charge in [-0.15, -0.1) is 11.3 Å². The number of anilines is 1. The Balaban J connectivity index is 1.42. The molecule has 8 nitrogen and oxygen atoms in total. The van der Waals surface area contributed by atoms with Gasteiger partial charge in [0.15, 0.2) is 6.61 Å². The smallest absolute Gasteiger partial charge is 0.262 e. The summed E-state index contributed by atoms with van der Waals surface area (Å²) in [5, 5.41) is 5.32. The van der Waals surface area contributed by atoms with E-state index in [1.54, 1.807) is 18.2 Å². The molecule has 1 saturated heterocycles. The second kappa shape index (κ2) is 9.07. The van der Waals surface area contributed by atoms with Crippen LogP contribution in [0.15, 0.2) is 46.9 Å². The maximum absolute atomic E-state index is 13.0. The number of amides is 1. The Bertz CT molecular complexity index is 1140. The van der Waals surface area contributed by atoms with Crippen molar-refractivity contribution in [2.24, 2.45) is 0 Å². The van der Waals surface area contributed by atoms with Crippen LogP contribution in [-0.4, -0.2) is 48.3 Å². The molecule has 0 spiro atoms. The molecular formula is C20H22N4O4S2. The number of carbonyl (C=O) groups is 1. The number of sulfonamides is 1. The van der Waals surface area contributed by atoms with Crippen molar-refractivity contribution in [1.82, 2.24) is 14.3 Å². The van der Waals surface area contributed by atoms with Crippen molar-refractivity contribution in [2.45, 2.75) is 30.6 Å². The zero-order chi connectivity index (χ0) is 21.0. The molecule has 10 heteroatoms. The van der Waals surface area contributed by atoms with Crippen molar-refractivity contribution < 1.29 is 17.9 Å². The number of nitrogens with zero attached hydrogens (tertiary/aromatic N) is 3. The third kappa shape index (κ3) is 4.61. The van der Waals surface area contributed by atoms with Gasteiger partial charge in [0, 0.05) is 18.8 Å². The summed E-state index contributed by atoms with van der Waals surface area (Å²) in [6, 6.07) is 8.16. The first kappa shape index (κ1) is 20.7. The lowest BCUT2D eigenvalue weighted by Crippen LogP contribution is -2.32. The zero-order valence-corrected chi connectivity index (χ0v) is 17.9. The first-order chi connectivity index (χ1) is 14.5. The van der Waals surface area contributed by atoms with Gasteiger partial charge in [0.05, 0.1) is 10.3 Å². The maximum Gasteiger partial charge on any atom is 0.262 e. The van der Waals surface area contributed by atoms with Crippen molar-refractivity contribution >= 4 is 43.2 Å². The van der Waals surface area contributed by atoms with Crippen LogP contribution in [0.3, 0.4) is 0 Å². The molecule has 0 aliphatic carbocycles. The topological polar surface area (TPSA) is 101 Å². The molecule has 3 aromatic rings. The molecule has 158 valence electrons. The molecule has 1 fully saturated rings. The molecule has 0 saturated carbocycles. The summed E-state index contributed by atoms with van der Waals surface area (Å²) < 4.78 is 33.0. The van der Waals surface area contributed by atoms with E-state index in [9.17, 15) is 13.2 Å². The molecular weight excluding hydrogens is 424 g/mol. The Labute approximate surface area is 179 Å². The zero-order valence-electron chi connectivity index (χ0n) is 16.3. The number of rotatable bonds is 6. The molecule has 30 heavy (non-hydrogen) atoms. The molecule has 2 aromatic heterocycles. The quantitative estimate of drug-likeness (QED) is 0.624. The molecule has 1 amide bonds. The summed E-state index contributed by atoms with van der Waals surface area (Å²) in [5.74, 6) is -0.0600. The van der Waals surface area contributed by atoms with Crippen LogP contribution in [0.1, 0.15) is 25.7 Å². The largest absolute Gasteiger partial charge is 0.467 e. The van der Waals surface area contributed by atoms with Crippen molar-refractivity contribution in [3.63, 3.8) is 0 Å². The van der Waals surface area contributed by atoms with Gasteiger partial charge in [0.2, 0.25) is 15.9 Å². The van der Waals surface area contributed by atoms with E-state index in [2.05, 4.69) is 15.3 Å². The molecule has 3 heterocycles. The number of nitrogens with one attached hydrogen (secondary N) is 1. The lowest BCUT2D eigenvalue weighted by molar-refractivity contribution is -0.118. The average Bonchev–Trinajstić information content (AvgIpc) is 3.05. The molecule has 1 aliphatic heterocycles. The summed E-state index contributed by atoms with van der Waals surface area (Å²) in [4.78, 5) is 21.5. The second-order valence-electron chi connectivity index (χ2n) is 7.00. The second-order valence-corrected chi connectivity index (χ2v) is 9.83. The van der Waals surface area contributed by atoms with E-state index in [4.69, 9.17) is 4.74 Å². The van der Waals surface area contributed by atoms with Crippen molar-refractivity contribution in [1.29, 1.82) is 0 Å². The monoisotopic (exact) mass is 446 g/mol. The molecule has 1 aliphatic rings. The number of benzene rings is 1. The summed E-state index contributed by atoms with van der Waals surface area (Å²) in [7, 11) is -3.58. The minimum absolute atomic E-state index is 0.180. The van der Waals surface area contributed by atoms with Gasteiger partial charge in [0.25, 0.3) is 5.91 Å². The SMILES string of the molecule is O=C(COc1ncnc2sccc12)Nc1cccc(S(=O)(=O)N2CCCCCC2)c1. The Hall–Kier alpha value is -2.56. The Morgan fingerprint density at radius 1 is 1.13 bits per heavy atom.